The molecule has 0 aliphatic rings. The zero-order valence-electron chi connectivity index (χ0n) is 13.5. The van der Waals surface area contributed by atoms with Gasteiger partial charge in [-0.05, 0) is 37.0 Å². The highest BCUT2D eigenvalue weighted by molar-refractivity contribution is 6.08. The van der Waals surface area contributed by atoms with Crippen LogP contribution in [0.25, 0.3) is 21.9 Å². The minimum atomic E-state index is -0.104. The van der Waals surface area contributed by atoms with Crippen LogP contribution < -0.4 is 5.73 Å². The van der Waals surface area contributed by atoms with Crippen LogP contribution in [0.3, 0.4) is 0 Å². The van der Waals surface area contributed by atoms with Gasteiger partial charge in [-0.25, -0.2) is 9.97 Å². The maximum absolute atomic E-state index is 9.67. The van der Waals surface area contributed by atoms with Gasteiger partial charge < -0.3 is 15.4 Å². The number of benzene rings is 1. The second kappa shape index (κ2) is 5.25. The molecule has 0 aliphatic heterocycles. The number of aryl methyl sites for hydroxylation is 2. The van der Waals surface area contributed by atoms with Gasteiger partial charge in [-0.3, -0.25) is 0 Å². The predicted octanol–water partition coefficient (Wildman–Crippen LogP) is 2.93. The van der Waals surface area contributed by atoms with Crippen LogP contribution in [0.5, 0.6) is 0 Å². The molecule has 0 radical (unpaired) electrons. The predicted molar refractivity (Wildman–Crippen MR) is 89.7 cm³/mol. The van der Waals surface area contributed by atoms with E-state index in [-0.39, 0.29) is 6.61 Å². The quantitative estimate of drug-likeness (QED) is 0.779. The number of nitrogen functional groups attached to an aromatic ring is 1. The normalized spacial score (nSPS) is 11.9. The van der Waals surface area contributed by atoms with Crippen LogP contribution in [0.4, 0.5) is 5.82 Å². The lowest BCUT2D eigenvalue weighted by atomic mass is 10.0. The first-order valence-electron chi connectivity index (χ1n) is 7.59. The maximum Gasteiger partial charge on any atom is 0.152 e. The maximum atomic E-state index is 9.67. The number of rotatable bonds is 3. The molecule has 0 bridgehead atoms. The van der Waals surface area contributed by atoms with Crippen molar-refractivity contribution in [2.75, 3.05) is 5.73 Å². The number of anilines is 1. The van der Waals surface area contributed by atoms with E-state index in [0.717, 1.165) is 23.0 Å². The number of nitrogens with two attached hydrogens (primary N) is 1. The largest absolute Gasteiger partial charge is 0.388 e. The lowest BCUT2D eigenvalue weighted by Gasteiger charge is -2.14. The topological polar surface area (TPSA) is 77.0 Å². The summed E-state index contributed by atoms with van der Waals surface area (Å²) in [5.41, 5.74) is 11.1. The van der Waals surface area contributed by atoms with Gasteiger partial charge in [0.15, 0.2) is 5.82 Å². The van der Waals surface area contributed by atoms with Crippen molar-refractivity contribution in [3.05, 3.63) is 29.1 Å². The first-order valence-corrected chi connectivity index (χ1v) is 7.59. The molecule has 0 atom stereocenters. The summed E-state index contributed by atoms with van der Waals surface area (Å²) in [4.78, 5) is 9.02. The smallest absolute Gasteiger partial charge is 0.152 e. The third-order valence-electron chi connectivity index (χ3n) is 4.17. The standard InChI is InChI=1S/C17H22N4O/c1-9(2)7-21-13(8-22)20-15-16(21)14-11(4)10(3)5-6-12(14)19-17(15)18/h5-6,9,22H,7-8H2,1-4H3,(H2,18,19). The fourth-order valence-corrected chi connectivity index (χ4v) is 2.99. The molecule has 5 nitrogen and oxygen atoms in total. The molecular formula is C17H22N4O. The molecule has 0 aliphatic carbocycles. The van der Waals surface area contributed by atoms with Gasteiger partial charge in [0, 0.05) is 11.9 Å². The summed E-state index contributed by atoms with van der Waals surface area (Å²) < 4.78 is 2.09. The molecule has 22 heavy (non-hydrogen) atoms. The summed E-state index contributed by atoms with van der Waals surface area (Å²) in [6.07, 6.45) is 0. The number of hydrogen-bond acceptors (Lipinski definition) is 4. The van der Waals surface area contributed by atoms with Crippen molar-refractivity contribution in [2.45, 2.75) is 40.8 Å². The number of aliphatic hydroxyl groups excluding tert-OH is 1. The minimum absolute atomic E-state index is 0.104. The third kappa shape index (κ3) is 2.13. The summed E-state index contributed by atoms with van der Waals surface area (Å²) in [5.74, 6) is 1.51. The number of imidazole rings is 1. The molecule has 3 aromatic rings. The molecule has 2 aromatic heterocycles. The van der Waals surface area contributed by atoms with Crippen LogP contribution in [-0.2, 0) is 13.2 Å². The third-order valence-corrected chi connectivity index (χ3v) is 4.17. The fraction of sp³-hybridized carbons (Fsp3) is 0.412. The Labute approximate surface area is 129 Å². The van der Waals surface area contributed by atoms with Crippen LogP contribution in [0.2, 0.25) is 0 Å². The molecule has 5 heteroatoms. The highest BCUT2D eigenvalue weighted by Gasteiger charge is 2.19. The second-order valence-corrected chi connectivity index (χ2v) is 6.29. The lowest BCUT2D eigenvalue weighted by molar-refractivity contribution is 0.264. The molecule has 3 rings (SSSR count). The summed E-state index contributed by atoms with van der Waals surface area (Å²) in [6, 6.07) is 4.06. The molecule has 0 saturated heterocycles. The summed E-state index contributed by atoms with van der Waals surface area (Å²) in [5, 5.41) is 10.8. The van der Waals surface area contributed by atoms with Gasteiger partial charge in [0.2, 0.25) is 0 Å². The first kappa shape index (κ1) is 14.8. The summed E-state index contributed by atoms with van der Waals surface area (Å²) in [6.45, 7) is 9.18. The fourth-order valence-electron chi connectivity index (χ4n) is 2.99. The molecular weight excluding hydrogens is 276 g/mol. The number of fused-ring (bicyclic) bond motifs is 3. The Morgan fingerprint density at radius 3 is 2.59 bits per heavy atom. The molecule has 0 fully saturated rings. The van der Waals surface area contributed by atoms with Crippen molar-refractivity contribution < 1.29 is 5.11 Å². The van der Waals surface area contributed by atoms with Gasteiger partial charge in [-0.15, -0.1) is 0 Å². The zero-order valence-corrected chi connectivity index (χ0v) is 13.5. The average Bonchev–Trinajstić information content (AvgIpc) is 2.82. The van der Waals surface area contributed by atoms with E-state index in [0.29, 0.717) is 23.1 Å². The van der Waals surface area contributed by atoms with Crippen molar-refractivity contribution in [1.82, 2.24) is 14.5 Å². The first-order chi connectivity index (χ1) is 10.4. The van der Waals surface area contributed by atoms with Crippen molar-refractivity contribution >= 4 is 27.8 Å². The Morgan fingerprint density at radius 2 is 1.95 bits per heavy atom. The van der Waals surface area contributed by atoms with E-state index in [9.17, 15) is 5.11 Å². The second-order valence-electron chi connectivity index (χ2n) is 6.29. The van der Waals surface area contributed by atoms with Gasteiger partial charge >= 0.3 is 0 Å². The van der Waals surface area contributed by atoms with E-state index >= 15 is 0 Å². The van der Waals surface area contributed by atoms with E-state index in [2.05, 4.69) is 48.3 Å². The van der Waals surface area contributed by atoms with E-state index in [1.165, 1.54) is 11.1 Å². The van der Waals surface area contributed by atoms with Gasteiger partial charge in [-0.2, -0.15) is 0 Å². The Hall–Kier alpha value is -2.14. The van der Waals surface area contributed by atoms with Crippen molar-refractivity contribution in [3.63, 3.8) is 0 Å². The molecule has 2 heterocycles. The van der Waals surface area contributed by atoms with Crippen LogP contribution in [0.1, 0.15) is 30.8 Å². The number of hydrogen-bond donors (Lipinski definition) is 2. The highest BCUT2D eigenvalue weighted by atomic mass is 16.3. The molecule has 0 spiro atoms. The van der Waals surface area contributed by atoms with E-state index < -0.39 is 0 Å². The molecule has 116 valence electrons. The SMILES string of the molecule is Cc1ccc2nc(N)c3nc(CO)n(CC(C)C)c3c2c1C. The lowest BCUT2D eigenvalue weighted by Crippen LogP contribution is -2.09. The van der Waals surface area contributed by atoms with Crippen molar-refractivity contribution in [2.24, 2.45) is 5.92 Å². The zero-order chi connectivity index (χ0) is 16.0. The van der Waals surface area contributed by atoms with Crippen molar-refractivity contribution in [1.29, 1.82) is 0 Å². The average molecular weight is 298 g/mol. The number of nitrogens with zero attached hydrogens (tertiary/aromatic N) is 3. The Kier molecular flexibility index (Phi) is 3.53. The molecule has 0 unspecified atom stereocenters. The number of aromatic nitrogens is 3. The van der Waals surface area contributed by atoms with Crippen LogP contribution >= 0.6 is 0 Å². The van der Waals surface area contributed by atoms with E-state index in [1.807, 2.05) is 6.07 Å². The summed E-state index contributed by atoms with van der Waals surface area (Å²) >= 11 is 0. The van der Waals surface area contributed by atoms with Crippen molar-refractivity contribution in [3.8, 4) is 0 Å². The van der Waals surface area contributed by atoms with Gasteiger partial charge in [-0.1, -0.05) is 19.9 Å². The summed E-state index contributed by atoms with van der Waals surface area (Å²) in [7, 11) is 0. The highest BCUT2D eigenvalue weighted by Crippen LogP contribution is 2.32. The van der Waals surface area contributed by atoms with Crippen LogP contribution in [0, 0.1) is 19.8 Å². The van der Waals surface area contributed by atoms with Crippen LogP contribution in [0.15, 0.2) is 12.1 Å². The Bertz CT molecular complexity index is 864. The molecule has 0 amide bonds. The number of pyridine rings is 1. The Balaban J connectivity index is 2.53. The molecule has 1 aromatic carbocycles. The van der Waals surface area contributed by atoms with E-state index in [1.54, 1.807) is 0 Å². The van der Waals surface area contributed by atoms with Gasteiger partial charge in [0.1, 0.15) is 17.9 Å². The molecule has 3 N–H and O–H groups in total. The monoisotopic (exact) mass is 298 g/mol. The Morgan fingerprint density at radius 1 is 1.23 bits per heavy atom. The van der Waals surface area contributed by atoms with Gasteiger partial charge in [0.25, 0.3) is 0 Å². The van der Waals surface area contributed by atoms with E-state index in [4.69, 9.17) is 5.73 Å². The van der Waals surface area contributed by atoms with Gasteiger partial charge in [0.05, 0.1) is 11.0 Å². The number of aliphatic hydroxyl groups is 1. The molecule has 0 saturated carbocycles. The van der Waals surface area contributed by atoms with Crippen LogP contribution in [-0.4, -0.2) is 19.6 Å². The minimum Gasteiger partial charge on any atom is -0.388 e.